The number of carbonyl (C=O) groups is 4. The number of anilines is 1. The molecule has 0 saturated carbocycles. The standard InChI is InChI=1S/C28H31N3O4S/c1-17-5-8-19(9-6-17)27(34)31-15-13-18(14-16-31)7-10-22(25-26(33)30-28(35)36-25)20-3-2-4-23-21(20)11-12-24(32)29-23/h2-6,8-9,18,22,25H,7,10-16H2,1H3,(H,29,32)(H,30,33,35). The molecule has 7 nitrogen and oxygen atoms in total. The van der Waals surface area contributed by atoms with Gasteiger partial charge in [-0.1, -0.05) is 41.6 Å². The van der Waals surface area contributed by atoms with E-state index in [1.807, 2.05) is 54.3 Å². The predicted molar refractivity (Wildman–Crippen MR) is 140 cm³/mol. The molecule has 2 aromatic rings. The van der Waals surface area contributed by atoms with Gasteiger partial charge in [0.2, 0.25) is 11.8 Å². The lowest BCUT2D eigenvalue weighted by molar-refractivity contribution is -0.119. The molecular weight excluding hydrogens is 474 g/mol. The van der Waals surface area contributed by atoms with Gasteiger partial charge in [0, 0.05) is 36.7 Å². The zero-order valence-corrected chi connectivity index (χ0v) is 21.2. The van der Waals surface area contributed by atoms with Crippen molar-refractivity contribution in [3.63, 3.8) is 0 Å². The van der Waals surface area contributed by atoms with Crippen molar-refractivity contribution in [1.82, 2.24) is 10.2 Å². The highest BCUT2D eigenvalue weighted by molar-refractivity contribution is 8.15. The molecular formula is C28H31N3O4S. The van der Waals surface area contributed by atoms with Gasteiger partial charge in [0.05, 0.1) is 0 Å². The Morgan fingerprint density at radius 2 is 1.78 bits per heavy atom. The van der Waals surface area contributed by atoms with E-state index in [1.165, 1.54) is 0 Å². The van der Waals surface area contributed by atoms with E-state index in [2.05, 4.69) is 10.6 Å². The Bertz CT molecular complexity index is 1190. The van der Waals surface area contributed by atoms with Gasteiger partial charge in [-0.05, 0) is 74.3 Å². The first-order chi connectivity index (χ1) is 17.4. The number of fused-ring (bicyclic) bond motifs is 1. The highest BCUT2D eigenvalue weighted by Crippen LogP contribution is 2.41. The van der Waals surface area contributed by atoms with Crippen LogP contribution in [0.5, 0.6) is 0 Å². The summed E-state index contributed by atoms with van der Waals surface area (Å²) in [5.74, 6) is 0.205. The van der Waals surface area contributed by atoms with Gasteiger partial charge in [-0.3, -0.25) is 24.5 Å². The second-order valence-corrected chi connectivity index (χ2v) is 11.1. The van der Waals surface area contributed by atoms with Crippen LogP contribution < -0.4 is 10.6 Å². The minimum Gasteiger partial charge on any atom is -0.339 e. The molecule has 8 heteroatoms. The molecule has 3 heterocycles. The number of benzene rings is 2. The predicted octanol–water partition coefficient (Wildman–Crippen LogP) is 4.65. The summed E-state index contributed by atoms with van der Waals surface area (Å²) in [5.41, 5.74) is 4.81. The van der Waals surface area contributed by atoms with Crippen LogP contribution in [0.25, 0.3) is 0 Å². The quantitative estimate of drug-likeness (QED) is 0.596. The fourth-order valence-electron chi connectivity index (χ4n) is 5.62. The van der Waals surface area contributed by atoms with Gasteiger partial charge in [0.1, 0.15) is 5.25 Å². The van der Waals surface area contributed by atoms with E-state index in [0.717, 1.165) is 78.5 Å². The zero-order chi connectivity index (χ0) is 25.2. The van der Waals surface area contributed by atoms with Crippen LogP contribution in [-0.2, 0) is 16.0 Å². The fourth-order valence-corrected chi connectivity index (χ4v) is 6.63. The summed E-state index contributed by atoms with van der Waals surface area (Å²) < 4.78 is 0. The zero-order valence-electron chi connectivity index (χ0n) is 20.4. The molecule has 0 spiro atoms. The number of nitrogens with zero attached hydrogens (tertiary/aromatic N) is 1. The number of nitrogens with one attached hydrogen (secondary N) is 2. The lowest BCUT2D eigenvalue weighted by Crippen LogP contribution is -2.38. The Labute approximate surface area is 215 Å². The number of rotatable bonds is 6. The van der Waals surface area contributed by atoms with Crippen molar-refractivity contribution < 1.29 is 19.2 Å². The number of thioether (sulfide) groups is 1. The third kappa shape index (κ3) is 5.19. The van der Waals surface area contributed by atoms with Crippen LogP contribution in [0.1, 0.15) is 65.1 Å². The summed E-state index contributed by atoms with van der Waals surface area (Å²) in [4.78, 5) is 51.4. The molecule has 4 amide bonds. The first-order valence-corrected chi connectivity index (χ1v) is 13.6. The Hall–Kier alpha value is -3.13. The Balaban J connectivity index is 1.27. The molecule has 2 fully saturated rings. The van der Waals surface area contributed by atoms with E-state index < -0.39 is 5.25 Å². The Morgan fingerprint density at radius 3 is 2.47 bits per heavy atom. The minimum absolute atomic E-state index is 0.00584. The number of carbonyl (C=O) groups excluding carboxylic acids is 4. The first-order valence-electron chi connectivity index (χ1n) is 12.7. The summed E-state index contributed by atoms with van der Waals surface area (Å²) in [7, 11) is 0. The third-order valence-electron chi connectivity index (χ3n) is 7.66. The van der Waals surface area contributed by atoms with Crippen LogP contribution in [-0.4, -0.2) is 46.2 Å². The number of imide groups is 1. The van der Waals surface area contributed by atoms with Crippen molar-refractivity contribution in [2.45, 2.75) is 56.6 Å². The van der Waals surface area contributed by atoms with E-state index in [-0.39, 0.29) is 28.9 Å². The number of hydrogen-bond acceptors (Lipinski definition) is 5. The second kappa shape index (κ2) is 10.5. The van der Waals surface area contributed by atoms with E-state index >= 15 is 0 Å². The van der Waals surface area contributed by atoms with Crippen LogP contribution in [0.4, 0.5) is 10.5 Å². The molecule has 3 aliphatic heterocycles. The maximum atomic E-state index is 12.9. The van der Waals surface area contributed by atoms with Crippen molar-refractivity contribution >= 4 is 40.4 Å². The number of amides is 4. The molecule has 36 heavy (non-hydrogen) atoms. The summed E-state index contributed by atoms with van der Waals surface area (Å²) in [5, 5.41) is 4.64. The van der Waals surface area contributed by atoms with E-state index in [9.17, 15) is 19.2 Å². The lowest BCUT2D eigenvalue weighted by atomic mass is 9.81. The van der Waals surface area contributed by atoms with Crippen LogP contribution >= 0.6 is 11.8 Å². The van der Waals surface area contributed by atoms with Crippen LogP contribution in [0.2, 0.25) is 0 Å². The number of hydrogen-bond donors (Lipinski definition) is 2. The summed E-state index contributed by atoms with van der Waals surface area (Å²) >= 11 is 1.08. The molecule has 5 rings (SSSR count). The second-order valence-electron chi connectivity index (χ2n) is 10.0. The molecule has 0 radical (unpaired) electrons. The Morgan fingerprint density at radius 1 is 1.03 bits per heavy atom. The molecule has 0 aromatic heterocycles. The molecule has 2 aromatic carbocycles. The van der Waals surface area contributed by atoms with Crippen molar-refractivity contribution in [3.05, 3.63) is 64.7 Å². The summed E-state index contributed by atoms with van der Waals surface area (Å²) in [6.07, 6.45) is 4.62. The van der Waals surface area contributed by atoms with E-state index in [0.29, 0.717) is 18.8 Å². The van der Waals surface area contributed by atoms with Gasteiger partial charge in [-0.15, -0.1) is 0 Å². The number of piperidine rings is 1. The lowest BCUT2D eigenvalue weighted by Gasteiger charge is -2.33. The summed E-state index contributed by atoms with van der Waals surface area (Å²) in [6.45, 7) is 3.47. The molecule has 188 valence electrons. The maximum absolute atomic E-state index is 12.9. The SMILES string of the molecule is Cc1ccc(C(=O)N2CCC(CCC(c3cccc4c3CCC(=O)N4)C3SC(=O)NC3=O)CC2)cc1. The van der Waals surface area contributed by atoms with Crippen molar-refractivity contribution in [3.8, 4) is 0 Å². The Kier molecular flexibility index (Phi) is 7.14. The highest BCUT2D eigenvalue weighted by atomic mass is 32.2. The number of likely N-dealkylation sites (tertiary alicyclic amines) is 1. The van der Waals surface area contributed by atoms with Crippen LogP contribution in [0, 0.1) is 12.8 Å². The van der Waals surface area contributed by atoms with Crippen LogP contribution in [0.3, 0.4) is 0 Å². The van der Waals surface area contributed by atoms with Gasteiger partial charge in [0.15, 0.2) is 0 Å². The molecule has 0 aliphatic carbocycles. The van der Waals surface area contributed by atoms with Gasteiger partial charge in [-0.2, -0.15) is 0 Å². The summed E-state index contributed by atoms with van der Waals surface area (Å²) in [6, 6.07) is 13.6. The van der Waals surface area contributed by atoms with E-state index in [1.54, 1.807) is 0 Å². The van der Waals surface area contributed by atoms with Gasteiger partial charge in [-0.25, -0.2) is 0 Å². The number of aryl methyl sites for hydroxylation is 1. The van der Waals surface area contributed by atoms with Gasteiger partial charge < -0.3 is 10.2 Å². The third-order valence-corrected chi connectivity index (χ3v) is 8.77. The molecule has 2 atom stereocenters. The van der Waals surface area contributed by atoms with E-state index in [4.69, 9.17) is 0 Å². The normalized spacial score (nSPS) is 21.1. The fraction of sp³-hybridized carbons (Fsp3) is 0.429. The average molecular weight is 506 g/mol. The van der Waals surface area contributed by atoms with Crippen LogP contribution in [0.15, 0.2) is 42.5 Å². The van der Waals surface area contributed by atoms with Crippen molar-refractivity contribution in [1.29, 1.82) is 0 Å². The molecule has 2 N–H and O–H groups in total. The molecule has 3 aliphatic rings. The first kappa shape index (κ1) is 24.6. The van der Waals surface area contributed by atoms with Crippen molar-refractivity contribution in [2.75, 3.05) is 18.4 Å². The highest BCUT2D eigenvalue weighted by Gasteiger charge is 2.40. The average Bonchev–Trinajstić information content (AvgIpc) is 3.22. The molecule has 0 bridgehead atoms. The maximum Gasteiger partial charge on any atom is 0.286 e. The smallest absolute Gasteiger partial charge is 0.286 e. The van der Waals surface area contributed by atoms with Gasteiger partial charge >= 0.3 is 0 Å². The monoisotopic (exact) mass is 505 g/mol. The minimum atomic E-state index is -0.468. The molecule has 2 saturated heterocycles. The van der Waals surface area contributed by atoms with Crippen molar-refractivity contribution in [2.24, 2.45) is 5.92 Å². The molecule has 2 unspecified atom stereocenters. The topological polar surface area (TPSA) is 95.6 Å². The largest absolute Gasteiger partial charge is 0.339 e. The van der Waals surface area contributed by atoms with Gasteiger partial charge in [0.25, 0.3) is 11.1 Å².